The number of halogens is 1. The molecule has 0 spiro atoms. The van der Waals surface area contributed by atoms with Crippen LogP contribution in [0.5, 0.6) is 0 Å². The van der Waals surface area contributed by atoms with Crippen molar-refractivity contribution in [3.8, 4) is 0 Å². The molecule has 1 aromatic heterocycles. The van der Waals surface area contributed by atoms with Crippen molar-refractivity contribution in [1.82, 2.24) is 5.32 Å². The first kappa shape index (κ1) is 15.5. The quantitative estimate of drug-likeness (QED) is 0.872. The Hall–Kier alpha value is -1.88. The van der Waals surface area contributed by atoms with Crippen LogP contribution in [-0.2, 0) is 0 Å². The molecule has 5 heteroatoms. The van der Waals surface area contributed by atoms with E-state index >= 15 is 0 Å². The molecule has 0 aliphatic carbocycles. The number of hydrogen-bond acceptors (Lipinski definition) is 3. The van der Waals surface area contributed by atoms with Gasteiger partial charge in [-0.3, -0.25) is 4.79 Å². The minimum absolute atomic E-state index is 0.103. The average molecular weight is 306 g/mol. The maximum Gasteiger partial charge on any atom is 0.253 e. The molecule has 0 aliphatic heterocycles. The third-order valence-corrected chi connectivity index (χ3v) is 4.33. The van der Waals surface area contributed by atoms with Gasteiger partial charge in [-0.2, -0.15) is 0 Å². The van der Waals surface area contributed by atoms with E-state index in [2.05, 4.69) is 10.6 Å². The Morgan fingerprint density at radius 1 is 1.33 bits per heavy atom. The van der Waals surface area contributed by atoms with Crippen LogP contribution in [0.15, 0.2) is 30.3 Å². The van der Waals surface area contributed by atoms with Crippen molar-refractivity contribution >= 4 is 22.9 Å². The fourth-order valence-corrected chi connectivity index (χ4v) is 2.98. The molecule has 21 heavy (non-hydrogen) atoms. The Kier molecular flexibility index (Phi) is 4.96. The van der Waals surface area contributed by atoms with Crippen molar-refractivity contribution in [1.29, 1.82) is 0 Å². The SMILES string of the molecule is CCNc1c(F)cccc1C(=O)NC(C)c1ccc(C)s1. The lowest BCUT2D eigenvalue weighted by Crippen LogP contribution is -2.27. The highest BCUT2D eigenvalue weighted by Crippen LogP contribution is 2.24. The fourth-order valence-electron chi connectivity index (χ4n) is 2.10. The van der Waals surface area contributed by atoms with Gasteiger partial charge in [0.25, 0.3) is 5.91 Å². The molecule has 1 atom stereocenters. The smallest absolute Gasteiger partial charge is 0.253 e. The van der Waals surface area contributed by atoms with Gasteiger partial charge in [0.15, 0.2) is 0 Å². The van der Waals surface area contributed by atoms with E-state index in [9.17, 15) is 9.18 Å². The van der Waals surface area contributed by atoms with Gasteiger partial charge in [-0.05, 0) is 45.0 Å². The van der Waals surface area contributed by atoms with Crippen LogP contribution >= 0.6 is 11.3 Å². The van der Waals surface area contributed by atoms with Gasteiger partial charge in [0.1, 0.15) is 5.82 Å². The van der Waals surface area contributed by atoms with E-state index < -0.39 is 5.82 Å². The first-order valence-corrected chi connectivity index (χ1v) is 7.74. The second-order valence-corrected chi connectivity index (χ2v) is 6.16. The van der Waals surface area contributed by atoms with E-state index in [1.807, 2.05) is 32.9 Å². The molecular formula is C16H19FN2OS. The predicted molar refractivity (Wildman–Crippen MR) is 85.5 cm³/mol. The molecule has 1 amide bonds. The molecule has 2 N–H and O–H groups in total. The van der Waals surface area contributed by atoms with Crippen LogP contribution in [-0.4, -0.2) is 12.5 Å². The summed E-state index contributed by atoms with van der Waals surface area (Å²) in [6, 6.07) is 8.44. The number of hydrogen-bond donors (Lipinski definition) is 2. The number of carbonyl (C=O) groups excluding carboxylic acids is 1. The molecule has 1 aromatic carbocycles. The second kappa shape index (κ2) is 6.72. The molecule has 0 fully saturated rings. The van der Waals surface area contributed by atoms with Crippen LogP contribution in [0.3, 0.4) is 0 Å². The lowest BCUT2D eigenvalue weighted by atomic mass is 10.1. The van der Waals surface area contributed by atoms with Crippen LogP contribution in [0.4, 0.5) is 10.1 Å². The third kappa shape index (κ3) is 3.61. The number of aryl methyl sites for hydroxylation is 1. The van der Waals surface area contributed by atoms with Gasteiger partial charge in [0, 0.05) is 16.3 Å². The number of rotatable bonds is 5. The Labute approximate surface area is 128 Å². The normalized spacial score (nSPS) is 12.0. The summed E-state index contributed by atoms with van der Waals surface area (Å²) in [6.45, 7) is 6.38. The zero-order chi connectivity index (χ0) is 15.4. The first-order chi connectivity index (χ1) is 10.0. The summed E-state index contributed by atoms with van der Waals surface area (Å²) in [6.07, 6.45) is 0. The topological polar surface area (TPSA) is 41.1 Å². The third-order valence-electron chi connectivity index (χ3n) is 3.15. The summed E-state index contributed by atoms with van der Waals surface area (Å²) in [7, 11) is 0. The number of anilines is 1. The van der Waals surface area contributed by atoms with Crippen molar-refractivity contribution in [2.45, 2.75) is 26.8 Å². The number of nitrogens with one attached hydrogen (secondary N) is 2. The first-order valence-electron chi connectivity index (χ1n) is 6.92. The number of para-hydroxylation sites is 1. The maximum absolute atomic E-state index is 13.8. The largest absolute Gasteiger partial charge is 0.382 e. The number of benzene rings is 1. The average Bonchev–Trinajstić information content (AvgIpc) is 2.88. The minimum atomic E-state index is -0.413. The molecule has 0 bridgehead atoms. The standard InChI is InChI=1S/C16H19FN2OS/c1-4-18-15-12(6-5-7-13(15)17)16(20)19-11(3)14-9-8-10(2)21-14/h5-9,11,18H,4H2,1-3H3,(H,19,20). The Bertz CT molecular complexity index is 639. The molecular weight excluding hydrogens is 287 g/mol. The lowest BCUT2D eigenvalue weighted by molar-refractivity contribution is 0.0941. The predicted octanol–water partition coefficient (Wildman–Crippen LogP) is 4.12. The number of thiophene rings is 1. The van der Waals surface area contributed by atoms with Crippen molar-refractivity contribution in [3.05, 3.63) is 51.5 Å². The van der Waals surface area contributed by atoms with E-state index in [0.717, 1.165) is 4.88 Å². The van der Waals surface area contributed by atoms with Crippen LogP contribution in [0.1, 0.15) is 40.0 Å². The Balaban J connectivity index is 2.18. The van der Waals surface area contributed by atoms with E-state index in [4.69, 9.17) is 0 Å². The van der Waals surface area contributed by atoms with Crippen LogP contribution in [0.2, 0.25) is 0 Å². The second-order valence-electron chi connectivity index (χ2n) is 4.84. The van der Waals surface area contributed by atoms with Gasteiger partial charge < -0.3 is 10.6 Å². The molecule has 3 nitrogen and oxygen atoms in total. The monoisotopic (exact) mass is 306 g/mol. The molecule has 0 saturated carbocycles. The number of carbonyl (C=O) groups is 1. The van der Waals surface area contributed by atoms with Gasteiger partial charge in [0.2, 0.25) is 0 Å². The molecule has 0 aliphatic rings. The summed E-state index contributed by atoms with van der Waals surface area (Å²) >= 11 is 1.65. The summed E-state index contributed by atoms with van der Waals surface area (Å²) in [4.78, 5) is 14.7. The molecule has 0 saturated heterocycles. The molecule has 1 heterocycles. The number of amides is 1. The molecule has 1 unspecified atom stereocenters. The van der Waals surface area contributed by atoms with Gasteiger partial charge in [0.05, 0.1) is 17.3 Å². The zero-order valence-corrected chi connectivity index (χ0v) is 13.2. The summed E-state index contributed by atoms with van der Waals surface area (Å²) in [5, 5.41) is 5.83. The van der Waals surface area contributed by atoms with Crippen LogP contribution in [0, 0.1) is 12.7 Å². The highest BCUT2D eigenvalue weighted by molar-refractivity contribution is 7.12. The zero-order valence-electron chi connectivity index (χ0n) is 12.4. The van der Waals surface area contributed by atoms with Gasteiger partial charge >= 0.3 is 0 Å². The molecule has 2 aromatic rings. The lowest BCUT2D eigenvalue weighted by Gasteiger charge is -2.15. The van der Waals surface area contributed by atoms with Crippen molar-refractivity contribution < 1.29 is 9.18 Å². The van der Waals surface area contributed by atoms with E-state index in [0.29, 0.717) is 12.1 Å². The van der Waals surface area contributed by atoms with E-state index in [-0.39, 0.29) is 17.6 Å². The molecule has 2 rings (SSSR count). The van der Waals surface area contributed by atoms with Gasteiger partial charge in [-0.1, -0.05) is 6.07 Å². The van der Waals surface area contributed by atoms with Crippen molar-refractivity contribution in [2.24, 2.45) is 0 Å². The summed E-state index contributed by atoms with van der Waals surface area (Å²) in [5.74, 6) is -0.687. The van der Waals surface area contributed by atoms with Crippen LogP contribution in [0.25, 0.3) is 0 Å². The van der Waals surface area contributed by atoms with Crippen molar-refractivity contribution in [2.75, 3.05) is 11.9 Å². The minimum Gasteiger partial charge on any atom is -0.382 e. The van der Waals surface area contributed by atoms with Crippen LogP contribution < -0.4 is 10.6 Å². The fraction of sp³-hybridized carbons (Fsp3) is 0.312. The maximum atomic E-state index is 13.8. The van der Waals surface area contributed by atoms with Gasteiger partial charge in [-0.15, -0.1) is 11.3 Å². The Morgan fingerprint density at radius 3 is 2.71 bits per heavy atom. The summed E-state index contributed by atoms with van der Waals surface area (Å²) in [5.41, 5.74) is 0.587. The Morgan fingerprint density at radius 2 is 2.10 bits per heavy atom. The van der Waals surface area contributed by atoms with E-state index in [1.165, 1.54) is 10.9 Å². The molecule has 112 valence electrons. The molecule has 0 radical (unpaired) electrons. The highest BCUT2D eigenvalue weighted by atomic mass is 32.1. The van der Waals surface area contributed by atoms with Gasteiger partial charge in [-0.25, -0.2) is 4.39 Å². The summed E-state index contributed by atoms with van der Waals surface area (Å²) < 4.78 is 13.8. The van der Waals surface area contributed by atoms with Crippen molar-refractivity contribution in [3.63, 3.8) is 0 Å². The van der Waals surface area contributed by atoms with E-state index in [1.54, 1.807) is 23.5 Å². The highest BCUT2D eigenvalue weighted by Gasteiger charge is 2.17.